The summed E-state index contributed by atoms with van der Waals surface area (Å²) in [5.74, 6) is 0.269. The summed E-state index contributed by atoms with van der Waals surface area (Å²) in [6.07, 6.45) is 7.51. The first-order valence-corrected chi connectivity index (χ1v) is 10.6. The molecule has 0 bridgehead atoms. The molecule has 0 radical (unpaired) electrons. The van der Waals surface area contributed by atoms with Gasteiger partial charge in [-0.1, -0.05) is 11.3 Å². The fraction of sp³-hybridized carbons (Fsp3) is 0.632. The molecule has 0 aliphatic carbocycles. The average molecular weight is 374 g/mol. The lowest BCUT2D eigenvalue weighted by molar-refractivity contribution is -0.125. The van der Waals surface area contributed by atoms with Crippen LogP contribution in [0.4, 0.5) is 5.13 Å². The maximum Gasteiger partial charge on any atom is 0.224 e. The Bertz CT molecular complexity index is 709. The molecule has 0 saturated carbocycles. The van der Waals surface area contributed by atoms with Gasteiger partial charge in [-0.15, -0.1) is 0 Å². The van der Waals surface area contributed by atoms with E-state index in [1.54, 1.807) is 17.5 Å². The van der Waals surface area contributed by atoms with E-state index < -0.39 is 0 Å². The molecule has 26 heavy (non-hydrogen) atoms. The summed E-state index contributed by atoms with van der Waals surface area (Å²) in [5, 5.41) is 4.14. The van der Waals surface area contributed by atoms with Crippen molar-refractivity contribution in [3.05, 3.63) is 18.3 Å². The van der Waals surface area contributed by atoms with Crippen molar-refractivity contribution in [2.24, 2.45) is 5.92 Å². The van der Waals surface area contributed by atoms with Crippen LogP contribution in [0.5, 0.6) is 0 Å². The van der Waals surface area contributed by atoms with Gasteiger partial charge < -0.3 is 15.1 Å². The molecule has 4 heterocycles. The Kier molecular flexibility index (Phi) is 5.65. The number of nitrogens with zero attached hydrogens (tertiary/aromatic N) is 4. The molecule has 2 fully saturated rings. The number of carbonyl (C=O) groups is 1. The molecule has 7 heteroatoms. The first-order chi connectivity index (χ1) is 12.8. The van der Waals surface area contributed by atoms with Crippen LogP contribution in [-0.2, 0) is 4.79 Å². The van der Waals surface area contributed by atoms with Crippen LogP contribution in [0, 0.1) is 5.92 Å². The maximum absolute atomic E-state index is 12.6. The van der Waals surface area contributed by atoms with Crippen molar-refractivity contribution in [1.82, 2.24) is 20.2 Å². The summed E-state index contributed by atoms with van der Waals surface area (Å²) in [6, 6.07) is 3.91. The average Bonchev–Trinajstić information content (AvgIpc) is 3.34. The van der Waals surface area contributed by atoms with Crippen LogP contribution >= 0.6 is 11.3 Å². The number of thiazole rings is 1. The van der Waals surface area contributed by atoms with Crippen LogP contribution in [0.25, 0.3) is 10.3 Å². The molecule has 2 aromatic rings. The minimum absolute atomic E-state index is 0.0653. The lowest BCUT2D eigenvalue weighted by Gasteiger charge is -2.31. The molecule has 140 valence electrons. The van der Waals surface area contributed by atoms with Crippen LogP contribution in [0.2, 0.25) is 0 Å². The highest BCUT2D eigenvalue weighted by Crippen LogP contribution is 2.30. The van der Waals surface area contributed by atoms with Crippen LogP contribution in [-0.4, -0.2) is 60.0 Å². The SMILES string of the molecule is O=C(NCCCN1CCCC1)C1CCCN(c2nc3cccnc3s2)C1. The number of hydrogen-bond donors (Lipinski definition) is 1. The van der Waals surface area contributed by atoms with Gasteiger partial charge in [-0.3, -0.25) is 4.79 Å². The first kappa shape index (κ1) is 17.7. The van der Waals surface area contributed by atoms with E-state index >= 15 is 0 Å². The monoisotopic (exact) mass is 373 g/mol. The lowest BCUT2D eigenvalue weighted by Crippen LogP contribution is -2.43. The number of amides is 1. The van der Waals surface area contributed by atoms with Gasteiger partial charge in [0.25, 0.3) is 0 Å². The predicted octanol–water partition coefficient (Wildman–Crippen LogP) is 2.51. The Hall–Kier alpha value is -1.73. The van der Waals surface area contributed by atoms with Crippen LogP contribution in [0.15, 0.2) is 18.3 Å². The number of nitrogens with one attached hydrogen (secondary N) is 1. The Balaban J connectivity index is 1.27. The zero-order valence-corrected chi connectivity index (χ0v) is 16.0. The van der Waals surface area contributed by atoms with Gasteiger partial charge in [0.05, 0.1) is 5.92 Å². The first-order valence-electron chi connectivity index (χ1n) is 9.76. The molecular weight excluding hydrogens is 346 g/mol. The van der Waals surface area contributed by atoms with Gasteiger partial charge in [-0.05, 0) is 63.9 Å². The standard InChI is InChI=1S/C19H27N5OS/c25-17(20-9-5-12-23-10-1-2-11-23)15-6-4-13-24(14-15)19-22-16-7-3-8-21-18(16)26-19/h3,7-8,15H,1-2,4-6,9-14H2,(H,20,25). The molecule has 1 unspecified atom stereocenters. The number of aromatic nitrogens is 2. The van der Waals surface area contributed by atoms with E-state index in [1.165, 1.54) is 25.9 Å². The molecule has 0 aromatic carbocycles. The normalized spacial score (nSPS) is 21.4. The molecular formula is C19H27N5OS. The van der Waals surface area contributed by atoms with Crippen LogP contribution < -0.4 is 10.2 Å². The molecule has 6 nitrogen and oxygen atoms in total. The molecule has 2 saturated heterocycles. The third-order valence-corrected chi connectivity index (χ3v) is 6.41. The lowest BCUT2D eigenvalue weighted by atomic mass is 9.97. The highest BCUT2D eigenvalue weighted by Gasteiger charge is 2.27. The molecule has 2 aliphatic heterocycles. The van der Waals surface area contributed by atoms with E-state index in [0.29, 0.717) is 0 Å². The molecule has 2 aromatic heterocycles. The molecule has 1 atom stereocenters. The Morgan fingerprint density at radius 3 is 3.00 bits per heavy atom. The van der Waals surface area contributed by atoms with Crippen molar-refractivity contribution >= 4 is 32.7 Å². The third-order valence-electron chi connectivity index (χ3n) is 5.37. The second-order valence-electron chi connectivity index (χ2n) is 7.30. The number of anilines is 1. The minimum atomic E-state index is 0.0653. The fourth-order valence-electron chi connectivity index (χ4n) is 3.92. The van der Waals surface area contributed by atoms with Crippen molar-refractivity contribution in [2.45, 2.75) is 32.1 Å². The quantitative estimate of drug-likeness (QED) is 0.789. The van der Waals surface area contributed by atoms with Crippen molar-refractivity contribution in [3.8, 4) is 0 Å². The van der Waals surface area contributed by atoms with Crippen molar-refractivity contribution in [1.29, 1.82) is 0 Å². The van der Waals surface area contributed by atoms with E-state index in [1.807, 2.05) is 12.1 Å². The zero-order chi connectivity index (χ0) is 17.8. The molecule has 0 spiro atoms. The molecule has 4 rings (SSSR count). The van der Waals surface area contributed by atoms with Gasteiger partial charge in [-0.2, -0.15) is 0 Å². The fourth-order valence-corrected chi connectivity index (χ4v) is 4.87. The van der Waals surface area contributed by atoms with E-state index in [9.17, 15) is 4.79 Å². The summed E-state index contributed by atoms with van der Waals surface area (Å²) in [4.78, 5) is 27.4. The summed E-state index contributed by atoms with van der Waals surface area (Å²) < 4.78 is 0. The van der Waals surface area contributed by atoms with Gasteiger partial charge >= 0.3 is 0 Å². The summed E-state index contributed by atoms with van der Waals surface area (Å²) in [6.45, 7) is 6.08. The predicted molar refractivity (Wildman–Crippen MR) is 106 cm³/mol. The van der Waals surface area contributed by atoms with E-state index in [4.69, 9.17) is 4.98 Å². The van der Waals surface area contributed by atoms with Gasteiger partial charge in [0, 0.05) is 25.8 Å². The Morgan fingerprint density at radius 1 is 1.27 bits per heavy atom. The maximum atomic E-state index is 12.6. The number of carbonyl (C=O) groups excluding carboxylic acids is 1. The highest BCUT2D eigenvalue weighted by atomic mass is 32.1. The number of rotatable bonds is 6. The van der Waals surface area contributed by atoms with Gasteiger partial charge in [-0.25, -0.2) is 9.97 Å². The minimum Gasteiger partial charge on any atom is -0.356 e. The van der Waals surface area contributed by atoms with E-state index in [-0.39, 0.29) is 11.8 Å². The second-order valence-corrected chi connectivity index (χ2v) is 8.26. The number of pyridine rings is 1. The highest BCUT2D eigenvalue weighted by molar-refractivity contribution is 7.21. The van der Waals surface area contributed by atoms with Crippen molar-refractivity contribution in [2.75, 3.05) is 44.2 Å². The van der Waals surface area contributed by atoms with Gasteiger partial charge in [0.15, 0.2) is 5.13 Å². The largest absolute Gasteiger partial charge is 0.356 e. The smallest absolute Gasteiger partial charge is 0.224 e. The summed E-state index contributed by atoms with van der Waals surface area (Å²) >= 11 is 1.62. The van der Waals surface area contributed by atoms with Gasteiger partial charge in [0.1, 0.15) is 10.3 Å². The van der Waals surface area contributed by atoms with Gasteiger partial charge in [0.2, 0.25) is 5.91 Å². The summed E-state index contributed by atoms with van der Waals surface area (Å²) in [7, 11) is 0. The summed E-state index contributed by atoms with van der Waals surface area (Å²) in [5.41, 5.74) is 0.945. The Morgan fingerprint density at radius 2 is 2.15 bits per heavy atom. The van der Waals surface area contributed by atoms with Crippen LogP contribution in [0.3, 0.4) is 0 Å². The van der Waals surface area contributed by atoms with Crippen molar-refractivity contribution in [3.63, 3.8) is 0 Å². The molecule has 1 amide bonds. The van der Waals surface area contributed by atoms with Crippen LogP contribution in [0.1, 0.15) is 32.1 Å². The van der Waals surface area contributed by atoms with E-state index in [2.05, 4.69) is 20.1 Å². The third kappa shape index (κ3) is 4.15. The van der Waals surface area contributed by atoms with Crippen molar-refractivity contribution < 1.29 is 4.79 Å². The van der Waals surface area contributed by atoms with E-state index in [0.717, 1.165) is 60.9 Å². The number of hydrogen-bond acceptors (Lipinski definition) is 6. The molecule has 1 N–H and O–H groups in total. The molecule has 2 aliphatic rings. The number of likely N-dealkylation sites (tertiary alicyclic amines) is 1. The zero-order valence-electron chi connectivity index (χ0n) is 15.2. The Labute approximate surface area is 158 Å². The topological polar surface area (TPSA) is 61.4 Å². The second kappa shape index (κ2) is 8.31. The number of piperidine rings is 1. The number of fused-ring (bicyclic) bond motifs is 1.